The first kappa shape index (κ1) is 15.9. The highest BCUT2D eigenvalue weighted by Crippen LogP contribution is 2.32. The second-order valence-corrected chi connectivity index (χ2v) is 6.81. The smallest absolute Gasteiger partial charge is 0.319 e. The van der Waals surface area contributed by atoms with Crippen LogP contribution in [0.4, 0.5) is 14.9 Å². The number of halogens is 1. The molecule has 1 saturated carbocycles. The van der Waals surface area contributed by atoms with E-state index in [2.05, 4.69) is 20.8 Å². The van der Waals surface area contributed by atoms with Gasteiger partial charge < -0.3 is 15.4 Å². The summed E-state index contributed by atoms with van der Waals surface area (Å²) in [5.74, 6) is 0.552. The maximum absolute atomic E-state index is 13.5. The minimum absolute atomic E-state index is 0.0568. The third-order valence-electron chi connectivity index (χ3n) is 4.72. The number of fused-ring (bicyclic) bond motifs is 1. The van der Waals surface area contributed by atoms with E-state index >= 15 is 0 Å². The van der Waals surface area contributed by atoms with Crippen molar-refractivity contribution in [3.05, 3.63) is 41.5 Å². The molecule has 2 aromatic rings. The lowest BCUT2D eigenvalue weighted by Crippen LogP contribution is -2.41. The minimum atomic E-state index is -0.378. The van der Waals surface area contributed by atoms with Crippen LogP contribution in [-0.2, 0) is 12.8 Å². The van der Waals surface area contributed by atoms with Gasteiger partial charge in [0.25, 0.3) is 0 Å². The normalized spacial score (nSPS) is 19.2. The Kier molecular flexibility index (Phi) is 4.29. The van der Waals surface area contributed by atoms with Crippen molar-refractivity contribution >= 4 is 11.7 Å². The molecule has 1 aromatic heterocycles. The zero-order valence-electron chi connectivity index (χ0n) is 13.8. The van der Waals surface area contributed by atoms with Gasteiger partial charge >= 0.3 is 6.03 Å². The van der Waals surface area contributed by atoms with E-state index in [0.29, 0.717) is 24.0 Å². The summed E-state index contributed by atoms with van der Waals surface area (Å²) in [4.78, 5) is 12.3. The molecule has 1 aromatic carbocycles. The number of benzene rings is 1. The predicted octanol–water partition coefficient (Wildman–Crippen LogP) is 3.02. The van der Waals surface area contributed by atoms with Gasteiger partial charge in [0.1, 0.15) is 11.6 Å². The molecule has 2 aliphatic carbocycles. The number of anilines is 1. The van der Waals surface area contributed by atoms with Crippen molar-refractivity contribution in [1.82, 2.24) is 15.5 Å². The van der Waals surface area contributed by atoms with Gasteiger partial charge in [-0.05, 0) is 55.7 Å². The molecule has 0 bridgehead atoms. The molecule has 7 heteroatoms. The van der Waals surface area contributed by atoms with Crippen LogP contribution in [0.25, 0.3) is 0 Å². The first-order valence-corrected chi connectivity index (χ1v) is 8.68. The van der Waals surface area contributed by atoms with Crippen molar-refractivity contribution in [3.63, 3.8) is 0 Å². The maximum atomic E-state index is 13.5. The number of hydrogen-bond donors (Lipinski definition) is 3. The molecule has 0 spiro atoms. The first-order chi connectivity index (χ1) is 12.2. The molecule has 1 heterocycles. The van der Waals surface area contributed by atoms with E-state index in [1.807, 2.05) is 6.20 Å². The number of aryl methyl sites for hydroxylation is 1. The summed E-state index contributed by atoms with van der Waals surface area (Å²) >= 11 is 0. The van der Waals surface area contributed by atoms with E-state index in [-0.39, 0.29) is 17.9 Å². The third kappa shape index (κ3) is 3.92. The van der Waals surface area contributed by atoms with E-state index in [9.17, 15) is 9.18 Å². The lowest BCUT2D eigenvalue weighted by Gasteiger charge is -2.23. The third-order valence-corrected chi connectivity index (χ3v) is 4.72. The van der Waals surface area contributed by atoms with Gasteiger partial charge in [-0.25, -0.2) is 9.18 Å². The zero-order chi connectivity index (χ0) is 17.2. The molecule has 0 radical (unpaired) electrons. The van der Waals surface area contributed by atoms with Gasteiger partial charge in [-0.15, -0.1) is 0 Å². The molecule has 3 N–H and O–H groups in total. The van der Waals surface area contributed by atoms with Gasteiger partial charge in [0, 0.05) is 17.8 Å². The zero-order valence-corrected chi connectivity index (χ0v) is 13.8. The van der Waals surface area contributed by atoms with Gasteiger partial charge in [-0.3, -0.25) is 5.10 Å². The van der Waals surface area contributed by atoms with Gasteiger partial charge in [-0.2, -0.15) is 5.10 Å². The Bertz CT molecular complexity index is 772. The summed E-state index contributed by atoms with van der Waals surface area (Å²) in [6.45, 7) is 0.561. The Hall–Kier alpha value is -2.57. The molecule has 0 saturated heterocycles. The maximum Gasteiger partial charge on any atom is 0.319 e. The fourth-order valence-electron chi connectivity index (χ4n) is 3.09. The number of carbonyl (C=O) groups excluding carboxylic acids is 1. The summed E-state index contributed by atoms with van der Waals surface area (Å²) in [5, 5.41) is 12.8. The highest BCUT2D eigenvalue weighted by Gasteiger charge is 2.24. The highest BCUT2D eigenvalue weighted by molar-refractivity contribution is 5.91. The number of ether oxygens (including phenoxy) is 1. The molecule has 132 valence electrons. The average molecular weight is 344 g/mol. The van der Waals surface area contributed by atoms with Crippen LogP contribution in [0, 0.1) is 11.7 Å². The van der Waals surface area contributed by atoms with E-state index in [4.69, 9.17) is 4.74 Å². The molecule has 0 aliphatic heterocycles. The molecule has 25 heavy (non-hydrogen) atoms. The number of urea groups is 1. The monoisotopic (exact) mass is 344 g/mol. The molecule has 0 unspecified atom stereocenters. The van der Waals surface area contributed by atoms with Crippen molar-refractivity contribution in [2.75, 3.05) is 11.9 Å². The number of rotatable bonds is 5. The Morgan fingerprint density at radius 1 is 1.36 bits per heavy atom. The number of hydrogen-bond acceptors (Lipinski definition) is 3. The van der Waals surface area contributed by atoms with Gasteiger partial charge in [0.05, 0.1) is 18.5 Å². The number of amides is 2. The summed E-state index contributed by atoms with van der Waals surface area (Å²) in [7, 11) is 0. The number of nitrogens with one attached hydrogen (secondary N) is 3. The van der Waals surface area contributed by atoms with E-state index < -0.39 is 0 Å². The molecule has 2 aliphatic rings. The Morgan fingerprint density at radius 2 is 2.24 bits per heavy atom. The van der Waals surface area contributed by atoms with E-state index in [1.165, 1.54) is 18.2 Å². The second kappa shape index (κ2) is 6.74. The van der Waals surface area contributed by atoms with Crippen LogP contribution in [0.15, 0.2) is 24.4 Å². The molecule has 1 fully saturated rings. The standard InChI is InChI=1S/C18H21FN4O2/c19-13-3-5-16(17(8-13)25-10-11-1-2-11)22-18(24)21-14-4-6-15-12(7-14)9-20-23-15/h3,5,8-9,11,14H,1-2,4,6-7,10H2,(H,20,23)(H2,21,22,24)/t14-/m1/s1. The average Bonchev–Trinajstić information content (AvgIpc) is 3.31. The molecular formula is C18H21FN4O2. The lowest BCUT2D eigenvalue weighted by molar-refractivity contribution is 0.246. The van der Waals surface area contributed by atoms with E-state index in [0.717, 1.165) is 43.4 Å². The van der Waals surface area contributed by atoms with Crippen LogP contribution >= 0.6 is 0 Å². The minimum Gasteiger partial charge on any atom is -0.491 e. The van der Waals surface area contributed by atoms with Crippen molar-refractivity contribution < 1.29 is 13.9 Å². The van der Waals surface area contributed by atoms with Crippen LogP contribution in [0.2, 0.25) is 0 Å². The number of carbonyl (C=O) groups is 1. The Balaban J connectivity index is 1.37. The summed E-state index contributed by atoms with van der Waals surface area (Å²) in [5.41, 5.74) is 2.78. The number of aromatic nitrogens is 2. The summed E-state index contributed by atoms with van der Waals surface area (Å²) in [6, 6.07) is 3.92. The van der Waals surface area contributed by atoms with Gasteiger partial charge in [0.15, 0.2) is 0 Å². The van der Waals surface area contributed by atoms with Crippen LogP contribution in [0.5, 0.6) is 5.75 Å². The summed E-state index contributed by atoms with van der Waals surface area (Å²) in [6.07, 6.45) is 6.59. The largest absolute Gasteiger partial charge is 0.491 e. The van der Waals surface area contributed by atoms with E-state index in [1.54, 1.807) is 0 Å². The van der Waals surface area contributed by atoms with Gasteiger partial charge in [-0.1, -0.05) is 0 Å². The fraction of sp³-hybridized carbons (Fsp3) is 0.444. The van der Waals surface area contributed by atoms with Crippen LogP contribution < -0.4 is 15.4 Å². The quantitative estimate of drug-likeness (QED) is 0.780. The van der Waals surface area contributed by atoms with Crippen LogP contribution in [0.1, 0.15) is 30.5 Å². The molecule has 4 rings (SSSR count). The molecule has 1 atom stereocenters. The number of aromatic amines is 1. The molecule has 6 nitrogen and oxygen atoms in total. The predicted molar refractivity (Wildman–Crippen MR) is 91.2 cm³/mol. The molecular weight excluding hydrogens is 323 g/mol. The van der Waals surface area contributed by atoms with Gasteiger partial charge in [0.2, 0.25) is 0 Å². The highest BCUT2D eigenvalue weighted by atomic mass is 19.1. The SMILES string of the molecule is O=C(Nc1ccc(F)cc1OCC1CC1)N[C@@H]1CCc2[nH]ncc2C1. The van der Waals surface area contributed by atoms with Crippen molar-refractivity contribution in [1.29, 1.82) is 0 Å². The lowest BCUT2D eigenvalue weighted by atomic mass is 9.94. The fourth-order valence-corrected chi connectivity index (χ4v) is 3.09. The second-order valence-electron chi connectivity index (χ2n) is 6.81. The Morgan fingerprint density at radius 3 is 3.08 bits per heavy atom. The number of nitrogens with zero attached hydrogens (tertiary/aromatic N) is 1. The topological polar surface area (TPSA) is 79.0 Å². The number of H-pyrrole nitrogens is 1. The van der Waals surface area contributed by atoms with Crippen molar-refractivity contribution in [3.8, 4) is 5.75 Å². The summed E-state index contributed by atoms with van der Waals surface area (Å²) < 4.78 is 19.2. The first-order valence-electron chi connectivity index (χ1n) is 8.68. The Labute approximate surface area is 145 Å². The van der Waals surface area contributed by atoms with Crippen molar-refractivity contribution in [2.24, 2.45) is 5.92 Å². The van der Waals surface area contributed by atoms with Crippen LogP contribution in [-0.4, -0.2) is 28.9 Å². The molecule has 2 amide bonds. The van der Waals surface area contributed by atoms with Crippen molar-refractivity contribution in [2.45, 2.75) is 38.1 Å². The van der Waals surface area contributed by atoms with Crippen LogP contribution in [0.3, 0.4) is 0 Å².